The molecular formula is C14H27F3IN3O2. The summed E-state index contributed by atoms with van der Waals surface area (Å²) >= 11 is 0. The number of ether oxygens (including phenoxy) is 2. The second-order valence-electron chi connectivity index (χ2n) is 5.14. The Bertz CT molecular complexity index is 336. The maximum atomic E-state index is 11.9. The quantitative estimate of drug-likeness (QED) is 0.279. The molecule has 0 amide bonds. The van der Waals surface area contributed by atoms with Gasteiger partial charge in [0.1, 0.15) is 6.61 Å². The molecule has 0 aromatic carbocycles. The van der Waals surface area contributed by atoms with Crippen LogP contribution in [-0.4, -0.2) is 69.6 Å². The van der Waals surface area contributed by atoms with Crippen molar-refractivity contribution in [1.82, 2.24) is 10.2 Å². The molecule has 1 saturated heterocycles. The van der Waals surface area contributed by atoms with Gasteiger partial charge in [0.15, 0.2) is 5.96 Å². The third-order valence-corrected chi connectivity index (χ3v) is 3.37. The largest absolute Gasteiger partial charge is 0.411 e. The fraction of sp³-hybridized carbons (Fsp3) is 0.929. The summed E-state index contributed by atoms with van der Waals surface area (Å²) in [5.74, 6) is 0.783. The van der Waals surface area contributed by atoms with E-state index in [1.54, 1.807) is 7.05 Å². The topological polar surface area (TPSA) is 46.1 Å². The summed E-state index contributed by atoms with van der Waals surface area (Å²) in [7, 11) is 1.71. The molecule has 1 aliphatic heterocycles. The summed E-state index contributed by atoms with van der Waals surface area (Å²) in [4.78, 5) is 6.35. The van der Waals surface area contributed by atoms with E-state index < -0.39 is 12.8 Å². The molecule has 0 aliphatic carbocycles. The fourth-order valence-corrected chi connectivity index (χ4v) is 2.36. The van der Waals surface area contributed by atoms with E-state index in [-0.39, 0.29) is 30.6 Å². The molecule has 0 radical (unpaired) electrons. The van der Waals surface area contributed by atoms with Crippen molar-refractivity contribution >= 4 is 29.9 Å². The summed E-state index contributed by atoms with van der Waals surface area (Å²) in [6.07, 6.45) is -1.51. The lowest BCUT2D eigenvalue weighted by atomic mass is 10.1. The van der Waals surface area contributed by atoms with Crippen LogP contribution in [0.1, 0.15) is 26.2 Å². The van der Waals surface area contributed by atoms with Gasteiger partial charge in [-0.05, 0) is 26.2 Å². The molecular weight excluding hydrogens is 426 g/mol. The van der Waals surface area contributed by atoms with Crippen molar-refractivity contribution in [3.05, 3.63) is 0 Å². The minimum atomic E-state index is -4.26. The Morgan fingerprint density at radius 2 is 1.96 bits per heavy atom. The van der Waals surface area contributed by atoms with Gasteiger partial charge in [-0.25, -0.2) is 0 Å². The van der Waals surface area contributed by atoms with Crippen LogP contribution in [0.25, 0.3) is 0 Å². The summed E-state index contributed by atoms with van der Waals surface area (Å²) < 4.78 is 45.9. The summed E-state index contributed by atoms with van der Waals surface area (Å²) in [5.41, 5.74) is 0. The number of rotatable bonds is 7. The van der Waals surface area contributed by atoms with Gasteiger partial charge in [-0.3, -0.25) is 4.99 Å². The molecule has 1 heterocycles. The first-order valence-corrected chi connectivity index (χ1v) is 7.68. The van der Waals surface area contributed by atoms with Crippen LogP contribution < -0.4 is 5.32 Å². The lowest BCUT2D eigenvalue weighted by Crippen LogP contribution is -2.47. The Morgan fingerprint density at radius 3 is 2.48 bits per heavy atom. The smallest absolute Gasteiger partial charge is 0.378 e. The average molecular weight is 453 g/mol. The first kappa shape index (κ1) is 22.7. The highest BCUT2D eigenvalue weighted by Gasteiger charge is 2.27. The van der Waals surface area contributed by atoms with Crippen molar-refractivity contribution in [2.24, 2.45) is 4.99 Å². The van der Waals surface area contributed by atoms with Gasteiger partial charge in [-0.15, -0.1) is 24.0 Å². The number of piperidine rings is 1. The zero-order chi connectivity index (χ0) is 16.4. The van der Waals surface area contributed by atoms with Gasteiger partial charge in [0.2, 0.25) is 0 Å². The minimum Gasteiger partial charge on any atom is -0.378 e. The standard InChI is InChI=1S/C14H26F3N3O2.HI/c1-3-22-12-5-8-20(9-6-12)13(18-2)19-7-4-10-21-11-14(15,16)17;/h12H,3-11H2,1-2H3,(H,18,19);1H. The van der Waals surface area contributed by atoms with Crippen LogP contribution in [0.5, 0.6) is 0 Å². The second-order valence-corrected chi connectivity index (χ2v) is 5.14. The van der Waals surface area contributed by atoms with Crippen LogP contribution in [0.15, 0.2) is 4.99 Å². The Kier molecular flexibility index (Phi) is 12.0. The molecule has 0 aromatic heterocycles. The zero-order valence-electron chi connectivity index (χ0n) is 13.7. The molecule has 5 nitrogen and oxygen atoms in total. The molecule has 0 aromatic rings. The van der Waals surface area contributed by atoms with Crippen molar-refractivity contribution in [2.45, 2.75) is 38.5 Å². The van der Waals surface area contributed by atoms with Crippen LogP contribution in [0.4, 0.5) is 13.2 Å². The molecule has 1 aliphatic rings. The van der Waals surface area contributed by atoms with E-state index in [4.69, 9.17) is 4.74 Å². The Labute approximate surface area is 153 Å². The van der Waals surface area contributed by atoms with Crippen molar-refractivity contribution in [1.29, 1.82) is 0 Å². The number of guanidine groups is 1. The SMILES string of the molecule is CCOC1CCN(C(=NC)NCCCOCC(F)(F)F)CC1.I. The van der Waals surface area contributed by atoms with E-state index in [1.807, 2.05) is 6.92 Å². The fourth-order valence-electron chi connectivity index (χ4n) is 2.36. The Morgan fingerprint density at radius 1 is 1.30 bits per heavy atom. The Balaban J connectivity index is 0.00000484. The summed E-state index contributed by atoms with van der Waals surface area (Å²) in [5, 5.41) is 3.16. The highest BCUT2D eigenvalue weighted by Crippen LogP contribution is 2.15. The van der Waals surface area contributed by atoms with Gasteiger partial charge in [0.05, 0.1) is 6.10 Å². The van der Waals surface area contributed by atoms with Crippen molar-refractivity contribution in [3.63, 3.8) is 0 Å². The molecule has 9 heteroatoms. The number of nitrogens with one attached hydrogen (secondary N) is 1. The van der Waals surface area contributed by atoms with Crippen molar-refractivity contribution in [2.75, 3.05) is 46.5 Å². The van der Waals surface area contributed by atoms with Gasteiger partial charge in [0, 0.05) is 39.9 Å². The molecule has 0 bridgehead atoms. The number of aliphatic imine (C=N–C) groups is 1. The first-order chi connectivity index (χ1) is 10.5. The number of nitrogens with zero attached hydrogens (tertiary/aromatic N) is 2. The van der Waals surface area contributed by atoms with E-state index in [9.17, 15) is 13.2 Å². The monoisotopic (exact) mass is 453 g/mol. The summed E-state index contributed by atoms with van der Waals surface area (Å²) in [6, 6.07) is 0. The lowest BCUT2D eigenvalue weighted by molar-refractivity contribution is -0.173. The molecule has 1 rings (SSSR count). The van der Waals surface area contributed by atoms with E-state index in [0.717, 1.165) is 38.5 Å². The number of alkyl halides is 3. The Hall–Kier alpha value is -0.290. The lowest BCUT2D eigenvalue weighted by Gasteiger charge is -2.34. The molecule has 0 atom stereocenters. The third-order valence-electron chi connectivity index (χ3n) is 3.37. The second kappa shape index (κ2) is 12.1. The third kappa shape index (κ3) is 10.2. The molecule has 0 spiro atoms. The number of likely N-dealkylation sites (tertiary alicyclic amines) is 1. The summed E-state index contributed by atoms with van der Waals surface area (Å²) in [6.45, 7) is 3.89. The highest BCUT2D eigenvalue weighted by atomic mass is 127. The molecule has 1 fully saturated rings. The van der Waals surface area contributed by atoms with Gasteiger partial charge >= 0.3 is 6.18 Å². The van der Waals surface area contributed by atoms with E-state index in [2.05, 4.69) is 19.9 Å². The average Bonchev–Trinajstić information content (AvgIpc) is 2.47. The van der Waals surface area contributed by atoms with Crippen LogP contribution in [0.2, 0.25) is 0 Å². The van der Waals surface area contributed by atoms with Crippen LogP contribution in [-0.2, 0) is 9.47 Å². The molecule has 1 N–H and O–H groups in total. The van der Waals surface area contributed by atoms with Crippen molar-refractivity contribution in [3.8, 4) is 0 Å². The molecule has 23 heavy (non-hydrogen) atoms. The number of hydrogen-bond acceptors (Lipinski definition) is 3. The van der Waals surface area contributed by atoms with Gasteiger partial charge in [0.25, 0.3) is 0 Å². The number of halogens is 4. The highest BCUT2D eigenvalue weighted by molar-refractivity contribution is 14.0. The van der Waals surface area contributed by atoms with E-state index >= 15 is 0 Å². The van der Waals surface area contributed by atoms with E-state index in [1.165, 1.54) is 0 Å². The normalized spacial score (nSPS) is 17.1. The van der Waals surface area contributed by atoms with Gasteiger partial charge in [-0.1, -0.05) is 0 Å². The maximum absolute atomic E-state index is 11.9. The minimum absolute atomic E-state index is 0. The van der Waals surface area contributed by atoms with E-state index in [0.29, 0.717) is 19.1 Å². The zero-order valence-corrected chi connectivity index (χ0v) is 16.0. The van der Waals surface area contributed by atoms with Gasteiger partial charge < -0.3 is 19.7 Å². The van der Waals surface area contributed by atoms with Crippen LogP contribution in [0.3, 0.4) is 0 Å². The molecule has 0 saturated carbocycles. The van der Waals surface area contributed by atoms with Gasteiger partial charge in [-0.2, -0.15) is 13.2 Å². The van der Waals surface area contributed by atoms with Crippen LogP contribution >= 0.6 is 24.0 Å². The molecule has 0 unspecified atom stereocenters. The molecule has 138 valence electrons. The maximum Gasteiger partial charge on any atom is 0.411 e. The van der Waals surface area contributed by atoms with Crippen LogP contribution in [0, 0.1) is 0 Å². The van der Waals surface area contributed by atoms with Crippen molar-refractivity contribution < 1.29 is 22.6 Å². The number of hydrogen-bond donors (Lipinski definition) is 1. The predicted octanol–water partition coefficient (Wildman–Crippen LogP) is 2.65. The first-order valence-electron chi connectivity index (χ1n) is 7.68. The predicted molar refractivity (Wildman–Crippen MR) is 94.5 cm³/mol.